The third-order valence-corrected chi connectivity index (χ3v) is 5.90. The maximum Gasteiger partial charge on any atom is 0.251 e. The molecule has 1 atom stereocenters. The van der Waals surface area contributed by atoms with Crippen LogP contribution in [0, 0.1) is 0 Å². The molecule has 4 rings (SSSR count). The highest BCUT2D eigenvalue weighted by atomic mass is 16.5. The zero-order chi connectivity index (χ0) is 25.9. The third kappa shape index (κ3) is 7.75. The normalized spacial score (nSPS) is 11.4. The number of nitrogens with zero attached hydrogens (tertiary/aromatic N) is 1. The topological polar surface area (TPSA) is 106 Å². The van der Waals surface area contributed by atoms with Crippen LogP contribution in [-0.2, 0) is 30.9 Å². The molecule has 0 spiro atoms. The monoisotopic (exact) mass is 494 g/mol. The Kier molecular flexibility index (Phi) is 8.99. The van der Waals surface area contributed by atoms with E-state index >= 15 is 0 Å². The van der Waals surface area contributed by atoms with Crippen molar-refractivity contribution in [1.82, 2.24) is 15.6 Å². The van der Waals surface area contributed by atoms with E-state index in [2.05, 4.69) is 15.6 Å². The van der Waals surface area contributed by atoms with E-state index in [1.165, 1.54) is 0 Å². The van der Waals surface area contributed by atoms with Crippen LogP contribution >= 0.6 is 0 Å². The SMILES string of the molecule is NCc1ccc(C(=O)N[C@@H](Cc2ccc(OCc3ccccc3)cc2)C(=O)NCc2ccncc2)cc1. The lowest BCUT2D eigenvalue weighted by Crippen LogP contribution is -2.47. The summed E-state index contributed by atoms with van der Waals surface area (Å²) >= 11 is 0. The van der Waals surface area contributed by atoms with Gasteiger partial charge in [-0.2, -0.15) is 0 Å². The molecule has 2 amide bonds. The standard InChI is InChI=1S/C30H30N4O3/c31-19-23-6-10-26(11-7-23)29(35)34-28(30(36)33-20-24-14-16-32-17-15-24)18-22-8-12-27(13-9-22)37-21-25-4-2-1-3-5-25/h1-17,28H,18-21,31H2,(H,33,36)(H,34,35)/t28-/m0/s1. The molecule has 0 aliphatic heterocycles. The summed E-state index contributed by atoms with van der Waals surface area (Å²) in [6.45, 7) is 1.21. The average Bonchev–Trinajstić information content (AvgIpc) is 2.96. The molecule has 1 heterocycles. The van der Waals surface area contributed by atoms with Gasteiger partial charge in [0, 0.05) is 37.5 Å². The molecule has 0 unspecified atom stereocenters. The molecule has 0 saturated carbocycles. The molecule has 7 nitrogen and oxygen atoms in total. The van der Waals surface area contributed by atoms with Crippen LogP contribution in [-0.4, -0.2) is 22.8 Å². The Morgan fingerprint density at radius 1 is 0.784 bits per heavy atom. The Labute approximate surface area is 216 Å². The number of aromatic nitrogens is 1. The molecule has 7 heteroatoms. The van der Waals surface area contributed by atoms with Crippen molar-refractivity contribution in [1.29, 1.82) is 0 Å². The molecule has 4 N–H and O–H groups in total. The summed E-state index contributed by atoms with van der Waals surface area (Å²) in [6, 6.07) is 27.4. The molecule has 4 aromatic rings. The fourth-order valence-electron chi connectivity index (χ4n) is 3.75. The number of amides is 2. The number of rotatable bonds is 11. The van der Waals surface area contributed by atoms with Crippen LogP contribution in [0.5, 0.6) is 5.75 Å². The van der Waals surface area contributed by atoms with Crippen LogP contribution in [0.3, 0.4) is 0 Å². The second kappa shape index (κ2) is 13.0. The van der Waals surface area contributed by atoms with Crippen molar-refractivity contribution in [2.45, 2.75) is 32.2 Å². The highest BCUT2D eigenvalue weighted by Crippen LogP contribution is 2.16. The minimum absolute atomic E-state index is 0.270. The van der Waals surface area contributed by atoms with Crippen molar-refractivity contribution in [3.63, 3.8) is 0 Å². The summed E-state index contributed by atoms with van der Waals surface area (Å²) in [5.74, 6) is 0.138. The van der Waals surface area contributed by atoms with Gasteiger partial charge in [-0.25, -0.2) is 0 Å². The predicted octanol–water partition coefficient (Wildman–Crippen LogP) is 3.78. The van der Waals surface area contributed by atoms with Gasteiger partial charge < -0.3 is 21.1 Å². The first-order valence-electron chi connectivity index (χ1n) is 12.1. The molecule has 0 bridgehead atoms. The lowest BCUT2D eigenvalue weighted by molar-refractivity contribution is -0.123. The van der Waals surface area contributed by atoms with Gasteiger partial charge in [-0.15, -0.1) is 0 Å². The Balaban J connectivity index is 1.42. The quantitative estimate of drug-likeness (QED) is 0.294. The molecule has 3 aromatic carbocycles. The van der Waals surface area contributed by atoms with E-state index in [4.69, 9.17) is 10.5 Å². The van der Waals surface area contributed by atoms with Crippen molar-refractivity contribution in [3.8, 4) is 5.75 Å². The number of pyridine rings is 1. The molecule has 37 heavy (non-hydrogen) atoms. The molecule has 0 aliphatic carbocycles. The molecule has 188 valence electrons. The Hall–Kier alpha value is -4.49. The van der Waals surface area contributed by atoms with Gasteiger partial charge in [0.05, 0.1) is 0 Å². The number of benzene rings is 3. The molecule has 0 radical (unpaired) electrons. The molecular formula is C30H30N4O3. The molecule has 0 aliphatic rings. The lowest BCUT2D eigenvalue weighted by atomic mass is 10.0. The Bertz CT molecular complexity index is 1280. The van der Waals surface area contributed by atoms with E-state index in [0.717, 1.165) is 28.0 Å². The van der Waals surface area contributed by atoms with Gasteiger partial charge in [0.25, 0.3) is 5.91 Å². The van der Waals surface area contributed by atoms with E-state index < -0.39 is 6.04 Å². The van der Waals surface area contributed by atoms with E-state index in [1.54, 1.807) is 24.5 Å². The van der Waals surface area contributed by atoms with Crippen molar-refractivity contribution in [2.24, 2.45) is 5.73 Å². The smallest absolute Gasteiger partial charge is 0.251 e. The number of nitrogens with one attached hydrogen (secondary N) is 2. The number of hydrogen-bond acceptors (Lipinski definition) is 5. The number of nitrogens with two attached hydrogens (primary N) is 1. The van der Waals surface area contributed by atoms with Gasteiger partial charge in [-0.05, 0) is 58.7 Å². The fraction of sp³-hybridized carbons (Fsp3) is 0.167. The molecular weight excluding hydrogens is 464 g/mol. The zero-order valence-electron chi connectivity index (χ0n) is 20.5. The van der Waals surface area contributed by atoms with Gasteiger partial charge in [0.2, 0.25) is 5.91 Å². The van der Waals surface area contributed by atoms with Crippen LogP contribution in [0.15, 0.2) is 103 Å². The lowest BCUT2D eigenvalue weighted by Gasteiger charge is -2.19. The number of hydrogen-bond donors (Lipinski definition) is 3. The minimum Gasteiger partial charge on any atom is -0.489 e. The second-order valence-corrected chi connectivity index (χ2v) is 8.62. The van der Waals surface area contributed by atoms with Gasteiger partial charge >= 0.3 is 0 Å². The van der Waals surface area contributed by atoms with E-state index in [1.807, 2.05) is 78.9 Å². The number of carbonyl (C=O) groups is 2. The van der Waals surface area contributed by atoms with Gasteiger partial charge in [-0.1, -0.05) is 54.6 Å². The van der Waals surface area contributed by atoms with Crippen molar-refractivity contribution in [3.05, 3.63) is 131 Å². The van der Waals surface area contributed by atoms with Crippen LogP contribution in [0.25, 0.3) is 0 Å². The number of carbonyl (C=O) groups excluding carboxylic acids is 2. The van der Waals surface area contributed by atoms with Crippen LogP contribution in [0.4, 0.5) is 0 Å². The van der Waals surface area contributed by atoms with Gasteiger partial charge in [0.15, 0.2) is 0 Å². The Morgan fingerprint density at radius 2 is 1.46 bits per heavy atom. The first-order chi connectivity index (χ1) is 18.1. The van der Waals surface area contributed by atoms with E-state index in [-0.39, 0.29) is 11.8 Å². The highest BCUT2D eigenvalue weighted by molar-refractivity contribution is 5.97. The Morgan fingerprint density at radius 3 is 2.14 bits per heavy atom. The first kappa shape index (κ1) is 25.6. The summed E-state index contributed by atoms with van der Waals surface area (Å²) < 4.78 is 5.87. The molecule has 0 fully saturated rings. The van der Waals surface area contributed by atoms with Gasteiger partial charge in [0.1, 0.15) is 18.4 Å². The summed E-state index contributed by atoms with van der Waals surface area (Å²) in [6.07, 6.45) is 3.67. The van der Waals surface area contributed by atoms with Crippen LogP contribution in [0.2, 0.25) is 0 Å². The predicted molar refractivity (Wildman–Crippen MR) is 143 cm³/mol. The van der Waals surface area contributed by atoms with Crippen LogP contribution in [0.1, 0.15) is 32.6 Å². The van der Waals surface area contributed by atoms with E-state index in [0.29, 0.717) is 31.7 Å². The van der Waals surface area contributed by atoms with Crippen LogP contribution < -0.4 is 21.1 Å². The van der Waals surface area contributed by atoms with Crippen molar-refractivity contribution < 1.29 is 14.3 Å². The maximum absolute atomic E-state index is 13.1. The van der Waals surface area contributed by atoms with E-state index in [9.17, 15) is 9.59 Å². The molecule has 1 aromatic heterocycles. The fourth-order valence-corrected chi connectivity index (χ4v) is 3.75. The largest absolute Gasteiger partial charge is 0.489 e. The van der Waals surface area contributed by atoms with Gasteiger partial charge in [-0.3, -0.25) is 14.6 Å². The summed E-state index contributed by atoms with van der Waals surface area (Å²) in [5.41, 5.74) is 9.95. The second-order valence-electron chi connectivity index (χ2n) is 8.62. The minimum atomic E-state index is -0.764. The third-order valence-electron chi connectivity index (χ3n) is 5.90. The summed E-state index contributed by atoms with van der Waals surface area (Å²) in [5, 5.41) is 5.81. The van der Waals surface area contributed by atoms with Crippen molar-refractivity contribution >= 4 is 11.8 Å². The summed E-state index contributed by atoms with van der Waals surface area (Å²) in [4.78, 5) is 30.1. The maximum atomic E-state index is 13.1. The zero-order valence-corrected chi connectivity index (χ0v) is 20.5. The average molecular weight is 495 g/mol. The highest BCUT2D eigenvalue weighted by Gasteiger charge is 2.22. The molecule has 0 saturated heterocycles. The first-order valence-corrected chi connectivity index (χ1v) is 12.1. The summed E-state index contributed by atoms with van der Waals surface area (Å²) in [7, 11) is 0. The van der Waals surface area contributed by atoms with Crippen molar-refractivity contribution in [2.75, 3.05) is 0 Å². The number of ether oxygens (including phenoxy) is 1.